The van der Waals surface area contributed by atoms with E-state index >= 15 is 0 Å². The van der Waals surface area contributed by atoms with E-state index in [-0.39, 0.29) is 30.3 Å². The fourth-order valence-electron chi connectivity index (χ4n) is 2.58. The van der Waals surface area contributed by atoms with Crippen molar-refractivity contribution in [2.24, 2.45) is 0 Å². The minimum atomic E-state index is -1.14. The predicted molar refractivity (Wildman–Crippen MR) is 78.1 cm³/mol. The fourth-order valence-corrected chi connectivity index (χ4v) is 2.58. The van der Waals surface area contributed by atoms with Crippen molar-refractivity contribution in [2.75, 3.05) is 18.9 Å². The van der Waals surface area contributed by atoms with Gasteiger partial charge in [0.15, 0.2) is 17.4 Å². The summed E-state index contributed by atoms with van der Waals surface area (Å²) >= 11 is 0. The first-order valence-corrected chi connectivity index (χ1v) is 6.78. The van der Waals surface area contributed by atoms with Crippen LogP contribution in [-0.2, 0) is 9.47 Å². The topological polar surface area (TPSA) is 149 Å². The average Bonchev–Trinajstić information content (AvgIpc) is 3.06. The van der Waals surface area contributed by atoms with Gasteiger partial charge < -0.3 is 25.4 Å². The van der Waals surface area contributed by atoms with Crippen LogP contribution in [0.3, 0.4) is 0 Å². The number of anilines is 1. The van der Waals surface area contributed by atoms with Gasteiger partial charge in [0.25, 0.3) is 5.56 Å². The Balaban J connectivity index is 1.99. The van der Waals surface area contributed by atoms with Gasteiger partial charge in [-0.05, 0) is 0 Å². The molecule has 4 atom stereocenters. The highest BCUT2D eigenvalue weighted by Crippen LogP contribution is 2.32. The maximum Gasteiger partial charge on any atom is 0.280 e. The molecular formula is C13H15N5O5. The van der Waals surface area contributed by atoms with Gasteiger partial charge in [-0.25, -0.2) is 4.98 Å². The van der Waals surface area contributed by atoms with Crippen molar-refractivity contribution in [3.05, 3.63) is 16.7 Å². The molecule has 10 heteroatoms. The number of aliphatic hydroxyl groups is 2. The lowest BCUT2D eigenvalue weighted by Gasteiger charge is -2.18. The smallest absolute Gasteiger partial charge is 0.280 e. The average molecular weight is 321 g/mol. The number of rotatable bonds is 4. The molecule has 2 unspecified atom stereocenters. The second-order valence-corrected chi connectivity index (χ2v) is 4.99. The number of H-pyrrole nitrogens is 1. The number of aromatic nitrogens is 4. The minimum absolute atomic E-state index is 0.0378. The molecule has 23 heavy (non-hydrogen) atoms. The number of imidazole rings is 1. The van der Waals surface area contributed by atoms with Crippen molar-refractivity contribution in [3.63, 3.8) is 0 Å². The second kappa shape index (κ2) is 5.98. The van der Waals surface area contributed by atoms with Crippen molar-refractivity contribution in [1.82, 2.24) is 19.5 Å². The van der Waals surface area contributed by atoms with Gasteiger partial charge >= 0.3 is 0 Å². The Morgan fingerprint density at radius 1 is 1.61 bits per heavy atom. The standard InChI is InChI=1S/C13H15N5O5/c1-2-3-22-9-6(4-19)23-12(8(9)20)18-5-15-7-10(18)16-13(14)17-11(7)21/h1,5-6,8-9,12,19-20H,3-4H2,(H3,14,16,17,21)/t6-,8?,9?,12-/m1/s1. The first-order valence-electron chi connectivity index (χ1n) is 6.78. The summed E-state index contributed by atoms with van der Waals surface area (Å²) in [5.41, 5.74) is 5.25. The van der Waals surface area contributed by atoms with Crippen LogP contribution in [0.15, 0.2) is 11.1 Å². The predicted octanol–water partition coefficient (Wildman–Crippen LogP) is -2.03. The number of nitrogens with one attached hydrogen (secondary N) is 1. The van der Waals surface area contributed by atoms with Gasteiger partial charge in [-0.3, -0.25) is 14.3 Å². The Kier molecular flexibility index (Phi) is 4.01. The molecule has 122 valence electrons. The Morgan fingerprint density at radius 2 is 2.39 bits per heavy atom. The Hall–Kier alpha value is -2.45. The summed E-state index contributed by atoms with van der Waals surface area (Å²) < 4.78 is 12.3. The molecule has 2 aromatic heterocycles. The van der Waals surface area contributed by atoms with Gasteiger partial charge in [0.1, 0.15) is 24.9 Å². The molecule has 0 radical (unpaired) electrons. The van der Waals surface area contributed by atoms with Crippen LogP contribution in [0.4, 0.5) is 5.95 Å². The third-order valence-corrected chi connectivity index (χ3v) is 3.57. The molecule has 10 nitrogen and oxygen atoms in total. The van der Waals surface area contributed by atoms with E-state index < -0.39 is 30.1 Å². The lowest BCUT2D eigenvalue weighted by atomic mass is 10.1. The summed E-state index contributed by atoms with van der Waals surface area (Å²) in [6, 6.07) is 0. The molecule has 1 saturated heterocycles. The van der Waals surface area contributed by atoms with E-state index in [1.165, 1.54) is 10.9 Å². The lowest BCUT2D eigenvalue weighted by Crippen LogP contribution is -2.36. The molecular weight excluding hydrogens is 306 g/mol. The highest BCUT2D eigenvalue weighted by molar-refractivity contribution is 5.70. The normalized spacial score (nSPS) is 27.3. The second-order valence-electron chi connectivity index (χ2n) is 4.99. The van der Waals surface area contributed by atoms with E-state index in [1.54, 1.807) is 0 Å². The maximum absolute atomic E-state index is 11.8. The summed E-state index contributed by atoms with van der Waals surface area (Å²) in [6.07, 6.45) is 2.75. The first kappa shape index (κ1) is 15.4. The highest BCUT2D eigenvalue weighted by atomic mass is 16.6. The van der Waals surface area contributed by atoms with Crippen molar-refractivity contribution in [1.29, 1.82) is 0 Å². The Labute approximate surface area is 129 Å². The number of nitrogens with zero attached hydrogens (tertiary/aromatic N) is 3. The zero-order chi connectivity index (χ0) is 16.6. The molecule has 1 aliphatic rings. The first-order chi connectivity index (χ1) is 11.1. The Bertz CT molecular complexity index is 809. The third kappa shape index (κ3) is 2.55. The molecule has 1 fully saturated rings. The van der Waals surface area contributed by atoms with Crippen molar-refractivity contribution in [2.45, 2.75) is 24.5 Å². The van der Waals surface area contributed by atoms with E-state index in [4.69, 9.17) is 21.6 Å². The molecule has 0 amide bonds. The number of hydrogen-bond donors (Lipinski definition) is 4. The van der Waals surface area contributed by atoms with Gasteiger partial charge in [0.2, 0.25) is 5.95 Å². The van der Waals surface area contributed by atoms with E-state index in [2.05, 4.69) is 20.9 Å². The SMILES string of the molecule is C#CCOC1C(O)[C@H](n2cnc3c(=O)[nH]c(N)nc32)O[C@@H]1CO. The molecule has 3 heterocycles. The minimum Gasteiger partial charge on any atom is -0.394 e. The van der Waals surface area contributed by atoms with E-state index in [0.29, 0.717) is 0 Å². The molecule has 0 aliphatic carbocycles. The molecule has 0 aromatic carbocycles. The number of nitrogen functional groups attached to an aromatic ring is 1. The van der Waals surface area contributed by atoms with Gasteiger partial charge in [-0.1, -0.05) is 5.92 Å². The molecule has 1 aliphatic heterocycles. The zero-order valence-corrected chi connectivity index (χ0v) is 11.9. The van der Waals surface area contributed by atoms with Crippen molar-refractivity contribution in [3.8, 4) is 12.3 Å². The third-order valence-electron chi connectivity index (χ3n) is 3.57. The van der Waals surface area contributed by atoms with Crippen LogP contribution < -0.4 is 11.3 Å². The Morgan fingerprint density at radius 3 is 3.09 bits per heavy atom. The summed E-state index contributed by atoms with van der Waals surface area (Å²) in [6.45, 7) is -0.407. The number of ether oxygens (including phenoxy) is 2. The van der Waals surface area contributed by atoms with E-state index in [9.17, 15) is 15.0 Å². The van der Waals surface area contributed by atoms with Crippen LogP contribution in [0, 0.1) is 12.3 Å². The molecule has 3 rings (SSSR count). The monoisotopic (exact) mass is 321 g/mol. The molecule has 5 N–H and O–H groups in total. The van der Waals surface area contributed by atoms with Crippen LogP contribution in [0.25, 0.3) is 11.2 Å². The quantitative estimate of drug-likeness (QED) is 0.471. The van der Waals surface area contributed by atoms with Gasteiger partial charge in [-0.15, -0.1) is 6.42 Å². The van der Waals surface area contributed by atoms with E-state index in [0.717, 1.165) is 0 Å². The number of hydrogen-bond acceptors (Lipinski definition) is 8. The largest absolute Gasteiger partial charge is 0.394 e. The summed E-state index contributed by atoms with van der Waals surface area (Å²) in [4.78, 5) is 22.1. The maximum atomic E-state index is 11.8. The number of aliphatic hydroxyl groups excluding tert-OH is 2. The van der Waals surface area contributed by atoms with Crippen LogP contribution in [-0.4, -0.2) is 61.3 Å². The fraction of sp³-hybridized carbons (Fsp3) is 0.462. The summed E-state index contributed by atoms with van der Waals surface area (Å²) in [5, 5.41) is 19.8. The van der Waals surface area contributed by atoms with Crippen LogP contribution in [0.5, 0.6) is 0 Å². The van der Waals surface area contributed by atoms with Crippen molar-refractivity contribution >= 4 is 17.1 Å². The molecule has 0 saturated carbocycles. The number of nitrogens with two attached hydrogens (primary N) is 1. The number of fused-ring (bicyclic) bond motifs is 1. The number of aromatic amines is 1. The number of terminal acetylenes is 1. The van der Waals surface area contributed by atoms with Crippen LogP contribution >= 0.6 is 0 Å². The molecule has 0 bridgehead atoms. The zero-order valence-electron chi connectivity index (χ0n) is 11.9. The highest BCUT2D eigenvalue weighted by Gasteiger charge is 2.45. The lowest BCUT2D eigenvalue weighted by molar-refractivity contribution is -0.0560. The summed E-state index contributed by atoms with van der Waals surface area (Å²) in [5.74, 6) is 2.20. The molecule has 2 aromatic rings. The van der Waals surface area contributed by atoms with Gasteiger partial charge in [-0.2, -0.15) is 4.98 Å². The van der Waals surface area contributed by atoms with E-state index in [1.807, 2.05) is 0 Å². The summed E-state index contributed by atoms with van der Waals surface area (Å²) in [7, 11) is 0. The van der Waals surface area contributed by atoms with Crippen molar-refractivity contribution < 1.29 is 19.7 Å². The van der Waals surface area contributed by atoms with Crippen LogP contribution in [0.2, 0.25) is 0 Å². The van der Waals surface area contributed by atoms with Gasteiger partial charge in [0.05, 0.1) is 12.9 Å². The van der Waals surface area contributed by atoms with Crippen LogP contribution in [0.1, 0.15) is 6.23 Å². The molecule has 0 spiro atoms. The van der Waals surface area contributed by atoms with Gasteiger partial charge in [0, 0.05) is 0 Å².